The average Bonchev–Trinajstić information content (AvgIpc) is 2.52. The van der Waals surface area contributed by atoms with Crippen LogP contribution in [-0.4, -0.2) is 16.6 Å². The molecule has 3 aromatic rings. The predicted octanol–water partition coefficient (Wildman–Crippen LogP) is 4.53. The molecule has 1 aromatic heterocycles. The van der Waals surface area contributed by atoms with Gasteiger partial charge in [0, 0.05) is 37.9 Å². The Morgan fingerprint density at radius 2 is 1.69 bits per heavy atom. The molecule has 0 N–H and O–H groups in total. The summed E-state index contributed by atoms with van der Waals surface area (Å²) in [6, 6.07) is 13.9. The third kappa shape index (κ3) is 6.21. The van der Waals surface area contributed by atoms with Crippen LogP contribution in [0.5, 0.6) is 0 Å². The van der Waals surface area contributed by atoms with Crippen molar-refractivity contribution in [1.82, 2.24) is 4.98 Å². The minimum atomic E-state index is -0.722. The Kier molecular flexibility index (Phi) is 8.36. The van der Waals surface area contributed by atoms with Gasteiger partial charge in [0.15, 0.2) is 0 Å². The first-order chi connectivity index (χ1) is 11.9. The van der Waals surface area contributed by atoms with Gasteiger partial charge in [0.05, 0.1) is 6.42 Å². The number of carbonyl (C=O) groups is 2. The van der Waals surface area contributed by atoms with Crippen LogP contribution in [0.3, 0.4) is 0 Å². The van der Waals surface area contributed by atoms with Crippen molar-refractivity contribution >= 4 is 22.3 Å². The molecule has 1 heterocycles. The summed E-state index contributed by atoms with van der Waals surface area (Å²) >= 11 is 0. The number of pyridine rings is 1. The summed E-state index contributed by atoms with van der Waals surface area (Å²) in [5.74, 6) is -1.48. The molecule has 0 bridgehead atoms. The summed E-state index contributed by atoms with van der Waals surface area (Å²) in [7, 11) is 0. The first kappa shape index (κ1) is 21.7. The van der Waals surface area contributed by atoms with E-state index in [0.29, 0.717) is 11.3 Å². The molecule has 2 aromatic carbocycles. The zero-order valence-corrected chi connectivity index (χ0v) is 16.6. The molecule has 0 aliphatic rings. The van der Waals surface area contributed by atoms with Crippen LogP contribution in [0.25, 0.3) is 22.0 Å². The van der Waals surface area contributed by atoms with Gasteiger partial charge in [-0.3, -0.25) is 9.59 Å². The molecule has 0 saturated carbocycles. The number of aromatic nitrogens is 1. The number of halogens is 2. The third-order valence-electron chi connectivity index (χ3n) is 3.23. The minimum Gasteiger partial charge on any atom is -0.304 e. The van der Waals surface area contributed by atoms with Crippen molar-refractivity contribution in [3.05, 3.63) is 66.4 Å². The quantitative estimate of drug-likeness (QED) is 0.368. The van der Waals surface area contributed by atoms with Gasteiger partial charge < -0.3 is 4.98 Å². The Morgan fingerprint density at radius 1 is 1.04 bits per heavy atom. The molecule has 0 amide bonds. The van der Waals surface area contributed by atoms with Crippen molar-refractivity contribution in [2.75, 3.05) is 0 Å². The van der Waals surface area contributed by atoms with E-state index in [2.05, 4.69) is 11.1 Å². The number of carbonyl (C=O) groups excluding carboxylic acids is 2. The van der Waals surface area contributed by atoms with E-state index in [9.17, 15) is 18.4 Å². The van der Waals surface area contributed by atoms with Crippen LogP contribution in [-0.2, 0) is 29.7 Å². The molecule has 3 rings (SSSR count). The number of benzene rings is 2. The Labute approximate surface area is 163 Å². The van der Waals surface area contributed by atoms with Crippen LogP contribution in [0.4, 0.5) is 8.78 Å². The maximum Gasteiger partial charge on any atom is 0.137 e. The molecular formula is C20H16F2IrNO2-. The van der Waals surface area contributed by atoms with Gasteiger partial charge in [0.1, 0.15) is 11.6 Å². The molecule has 0 atom stereocenters. The number of Topliss-reactive ketones (excluding diaryl/α,β-unsaturated/α-hetero) is 2. The Hall–Kier alpha value is -2.30. The van der Waals surface area contributed by atoms with E-state index in [0.717, 1.165) is 16.8 Å². The second-order valence-electron chi connectivity index (χ2n) is 5.52. The normalized spacial score (nSPS) is 9.69. The van der Waals surface area contributed by atoms with Crippen molar-refractivity contribution in [2.24, 2.45) is 0 Å². The SMILES string of the molecule is CC(=O)CC(C)=O.Fc1[c-]c(-c2nccc3ccccc23)cc(F)c1.[Ir]. The van der Waals surface area contributed by atoms with Gasteiger partial charge in [0.2, 0.25) is 0 Å². The Morgan fingerprint density at radius 3 is 2.27 bits per heavy atom. The standard InChI is InChI=1S/C15H8F2N.C5H8O2.Ir/c16-12-7-11(8-13(17)9-12)15-14-4-2-1-3-10(14)5-6-18-15;1-4(6)3-5(2)7;/h1-7,9H;3H2,1-2H3;/q-1;;. The van der Waals surface area contributed by atoms with Gasteiger partial charge in [-0.15, -0.1) is 17.7 Å². The van der Waals surface area contributed by atoms with E-state index in [4.69, 9.17) is 0 Å². The first-order valence-corrected chi connectivity index (χ1v) is 7.58. The zero-order valence-electron chi connectivity index (χ0n) is 14.2. The van der Waals surface area contributed by atoms with Crippen molar-refractivity contribution in [1.29, 1.82) is 0 Å². The number of fused-ring (bicyclic) bond motifs is 1. The molecule has 0 aliphatic carbocycles. The second kappa shape index (κ2) is 10.00. The maximum atomic E-state index is 13.2. The smallest absolute Gasteiger partial charge is 0.137 e. The molecule has 0 aliphatic heterocycles. The molecule has 0 saturated heterocycles. The summed E-state index contributed by atoms with van der Waals surface area (Å²) in [5, 5.41) is 1.82. The molecule has 3 nitrogen and oxygen atoms in total. The fraction of sp³-hybridized carbons (Fsp3) is 0.150. The molecule has 0 spiro atoms. The monoisotopic (exact) mass is 533 g/mol. The van der Waals surface area contributed by atoms with Crippen molar-refractivity contribution < 1.29 is 38.5 Å². The summed E-state index contributed by atoms with van der Waals surface area (Å²) < 4.78 is 26.4. The number of rotatable bonds is 3. The molecule has 0 unspecified atom stereocenters. The molecular weight excluding hydrogens is 516 g/mol. The van der Waals surface area contributed by atoms with E-state index in [1.807, 2.05) is 30.3 Å². The second-order valence-corrected chi connectivity index (χ2v) is 5.52. The van der Waals surface area contributed by atoms with Gasteiger partial charge in [0.25, 0.3) is 0 Å². The van der Waals surface area contributed by atoms with E-state index >= 15 is 0 Å². The topological polar surface area (TPSA) is 47.0 Å². The number of nitrogens with zero attached hydrogens (tertiary/aromatic N) is 1. The van der Waals surface area contributed by atoms with Crippen molar-refractivity contribution in [3.63, 3.8) is 0 Å². The minimum absolute atomic E-state index is 0. The maximum absolute atomic E-state index is 13.2. The third-order valence-corrected chi connectivity index (χ3v) is 3.23. The fourth-order valence-corrected chi connectivity index (χ4v) is 2.31. The summed E-state index contributed by atoms with van der Waals surface area (Å²) in [5.41, 5.74) is 0.857. The van der Waals surface area contributed by atoms with Gasteiger partial charge in [-0.05, 0) is 36.4 Å². The largest absolute Gasteiger partial charge is 0.304 e. The molecule has 0 fully saturated rings. The van der Waals surface area contributed by atoms with E-state index in [1.54, 1.807) is 6.20 Å². The zero-order chi connectivity index (χ0) is 18.4. The van der Waals surface area contributed by atoms with E-state index in [1.165, 1.54) is 19.9 Å². The molecule has 6 heteroatoms. The summed E-state index contributed by atoms with van der Waals surface area (Å²) in [4.78, 5) is 24.3. The number of hydrogen-bond donors (Lipinski definition) is 0. The molecule has 1 radical (unpaired) electrons. The van der Waals surface area contributed by atoms with Crippen LogP contribution in [0.1, 0.15) is 20.3 Å². The number of hydrogen-bond acceptors (Lipinski definition) is 3. The van der Waals surface area contributed by atoms with Crippen LogP contribution >= 0.6 is 0 Å². The Bertz CT molecular complexity index is 891. The van der Waals surface area contributed by atoms with Crippen molar-refractivity contribution in [2.45, 2.75) is 20.3 Å². The predicted molar refractivity (Wildman–Crippen MR) is 91.9 cm³/mol. The van der Waals surface area contributed by atoms with Gasteiger partial charge in [-0.1, -0.05) is 30.3 Å². The van der Waals surface area contributed by atoms with Crippen LogP contribution in [0, 0.1) is 17.7 Å². The summed E-state index contributed by atoms with van der Waals surface area (Å²) in [6.07, 6.45) is 1.70. The number of ketones is 2. The molecule has 137 valence electrons. The first-order valence-electron chi connectivity index (χ1n) is 7.58. The van der Waals surface area contributed by atoms with Gasteiger partial charge in [-0.25, -0.2) is 8.78 Å². The summed E-state index contributed by atoms with van der Waals surface area (Å²) in [6.45, 7) is 2.81. The average molecular weight is 533 g/mol. The van der Waals surface area contributed by atoms with Crippen LogP contribution < -0.4 is 0 Å². The van der Waals surface area contributed by atoms with Gasteiger partial charge in [-0.2, -0.15) is 0 Å². The van der Waals surface area contributed by atoms with E-state index in [-0.39, 0.29) is 38.1 Å². The van der Waals surface area contributed by atoms with E-state index < -0.39 is 11.6 Å². The van der Waals surface area contributed by atoms with Crippen LogP contribution in [0.15, 0.2) is 48.7 Å². The van der Waals surface area contributed by atoms with Crippen molar-refractivity contribution in [3.8, 4) is 11.3 Å². The van der Waals surface area contributed by atoms with Gasteiger partial charge >= 0.3 is 0 Å². The molecule has 26 heavy (non-hydrogen) atoms. The fourth-order valence-electron chi connectivity index (χ4n) is 2.31. The Balaban J connectivity index is 0.000000366. The van der Waals surface area contributed by atoms with Crippen LogP contribution in [0.2, 0.25) is 0 Å².